The predicted molar refractivity (Wildman–Crippen MR) is 58.7 cm³/mol. The van der Waals surface area contributed by atoms with Gasteiger partial charge in [-0.1, -0.05) is 0 Å². The van der Waals surface area contributed by atoms with Gasteiger partial charge in [0.15, 0.2) is 17.4 Å². The average Bonchev–Trinajstić information content (AvgIpc) is 2.20. The van der Waals surface area contributed by atoms with Crippen LogP contribution < -0.4 is 4.74 Å². The van der Waals surface area contributed by atoms with Crippen LogP contribution in [0, 0.1) is 11.6 Å². The minimum Gasteiger partial charge on any atom is -0.487 e. The maximum absolute atomic E-state index is 13.4. The van der Waals surface area contributed by atoms with Crippen LogP contribution >= 0.6 is 0 Å². The smallest absolute Gasteiger partial charge is 0.190 e. The van der Waals surface area contributed by atoms with Crippen LogP contribution in [0.2, 0.25) is 0 Å². The van der Waals surface area contributed by atoms with E-state index in [9.17, 15) is 13.9 Å². The van der Waals surface area contributed by atoms with Gasteiger partial charge in [-0.15, -0.1) is 0 Å². The van der Waals surface area contributed by atoms with E-state index in [4.69, 9.17) is 9.84 Å². The summed E-state index contributed by atoms with van der Waals surface area (Å²) in [7, 11) is 0. The number of halogens is 2. The van der Waals surface area contributed by atoms with Crippen LogP contribution in [0.4, 0.5) is 8.78 Å². The van der Waals surface area contributed by atoms with Gasteiger partial charge in [0.25, 0.3) is 0 Å². The monoisotopic (exact) mass is 246 g/mol. The van der Waals surface area contributed by atoms with Crippen LogP contribution in [0.3, 0.4) is 0 Å². The summed E-state index contributed by atoms with van der Waals surface area (Å²) in [6.07, 6.45) is 0.258. The molecule has 0 aliphatic heterocycles. The summed E-state index contributed by atoms with van der Waals surface area (Å²) < 4.78 is 31.7. The Morgan fingerprint density at radius 1 is 1.24 bits per heavy atom. The molecule has 96 valence electrons. The van der Waals surface area contributed by atoms with Crippen molar-refractivity contribution in [2.24, 2.45) is 0 Å². The van der Waals surface area contributed by atoms with Crippen LogP contribution in [0.1, 0.15) is 25.8 Å². The second kappa shape index (κ2) is 5.42. The van der Waals surface area contributed by atoms with E-state index in [1.807, 2.05) is 0 Å². The molecular formula is C12H16F2O3. The number of aliphatic hydroxyl groups is 2. The normalized spacial score (nSPS) is 11.6. The molecule has 17 heavy (non-hydrogen) atoms. The lowest BCUT2D eigenvalue weighted by atomic mass is 10.1. The van der Waals surface area contributed by atoms with Gasteiger partial charge in [-0.2, -0.15) is 0 Å². The van der Waals surface area contributed by atoms with Crippen molar-refractivity contribution in [2.45, 2.75) is 32.5 Å². The maximum atomic E-state index is 13.4. The lowest BCUT2D eigenvalue weighted by Gasteiger charge is -2.17. The minimum absolute atomic E-state index is 0.00973. The van der Waals surface area contributed by atoms with Crippen molar-refractivity contribution in [1.82, 2.24) is 0 Å². The topological polar surface area (TPSA) is 49.7 Å². The molecule has 0 amide bonds. The summed E-state index contributed by atoms with van der Waals surface area (Å²) >= 11 is 0. The lowest BCUT2D eigenvalue weighted by molar-refractivity contribution is 0.0540. The van der Waals surface area contributed by atoms with E-state index < -0.39 is 29.6 Å². The SMILES string of the molecule is CC(C)(O)CCOc1c(F)cc(CO)cc1F. The Morgan fingerprint density at radius 3 is 2.18 bits per heavy atom. The fourth-order valence-corrected chi connectivity index (χ4v) is 1.24. The van der Waals surface area contributed by atoms with Gasteiger partial charge in [-0.3, -0.25) is 0 Å². The van der Waals surface area contributed by atoms with Gasteiger partial charge >= 0.3 is 0 Å². The Labute approximate surface area is 98.7 Å². The molecule has 0 fully saturated rings. The molecule has 0 atom stereocenters. The highest BCUT2D eigenvalue weighted by Crippen LogP contribution is 2.24. The molecule has 0 spiro atoms. The quantitative estimate of drug-likeness (QED) is 0.835. The van der Waals surface area contributed by atoms with Crippen molar-refractivity contribution in [3.8, 4) is 5.75 Å². The summed E-state index contributed by atoms with van der Waals surface area (Å²) in [4.78, 5) is 0. The summed E-state index contributed by atoms with van der Waals surface area (Å²) in [6.45, 7) is 2.74. The third-order valence-electron chi connectivity index (χ3n) is 2.20. The zero-order chi connectivity index (χ0) is 13.1. The second-order valence-corrected chi connectivity index (χ2v) is 4.46. The molecular weight excluding hydrogens is 230 g/mol. The molecule has 1 aromatic carbocycles. The van der Waals surface area contributed by atoms with Crippen molar-refractivity contribution >= 4 is 0 Å². The summed E-state index contributed by atoms with van der Waals surface area (Å²) in [6, 6.07) is 2.03. The molecule has 0 unspecified atom stereocenters. The van der Waals surface area contributed by atoms with Gasteiger partial charge in [-0.05, 0) is 31.5 Å². The van der Waals surface area contributed by atoms with Crippen LogP contribution in [0.15, 0.2) is 12.1 Å². The van der Waals surface area contributed by atoms with E-state index in [0.29, 0.717) is 0 Å². The van der Waals surface area contributed by atoms with Gasteiger partial charge in [0.1, 0.15) is 0 Å². The molecule has 3 nitrogen and oxygen atoms in total. The highest BCUT2D eigenvalue weighted by atomic mass is 19.1. The Kier molecular flexibility index (Phi) is 4.42. The van der Waals surface area contributed by atoms with E-state index in [1.54, 1.807) is 13.8 Å². The first-order valence-electron chi connectivity index (χ1n) is 5.27. The van der Waals surface area contributed by atoms with Crippen molar-refractivity contribution in [3.63, 3.8) is 0 Å². The van der Waals surface area contributed by atoms with Crippen LogP contribution in [-0.2, 0) is 6.61 Å². The Balaban J connectivity index is 2.72. The first kappa shape index (κ1) is 13.9. The number of rotatable bonds is 5. The van der Waals surface area contributed by atoms with E-state index in [2.05, 4.69) is 0 Å². The predicted octanol–water partition coefficient (Wildman–Crippen LogP) is 2.00. The standard InChI is InChI=1S/C12H16F2O3/c1-12(2,16)3-4-17-11-9(13)5-8(7-15)6-10(11)14/h5-6,15-16H,3-4,7H2,1-2H3. The molecule has 0 saturated heterocycles. The van der Waals surface area contributed by atoms with E-state index in [1.165, 1.54) is 0 Å². The fourth-order valence-electron chi connectivity index (χ4n) is 1.24. The van der Waals surface area contributed by atoms with Crippen molar-refractivity contribution < 1.29 is 23.7 Å². The average molecular weight is 246 g/mol. The van der Waals surface area contributed by atoms with E-state index in [0.717, 1.165) is 12.1 Å². The van der Waals surface area contributed by atoms with Gasteiger partial charge in [0.05, 0.1) is 18.8 Å². The van der Waals surface area contributed by atoms with Gasteiger partial charge in [0, 0.05) is 6.42 Å². The highest BCUT2D eigenvalue weighted by molar-refractivity contribution is 5.31. The third kappa shape index (κ3) is 4.28. The zero-order valence-corrected chi connectivity index (χ0v) is 9.83. The van der Waals surface area contributed by atoms with Crippen molar-refractivity contribution in [2.75, 3.05) is 6.61 Å². The first-order chi connectivity index (χ1) is 7.83. The minimum atomic E-state index is -0.946. The maximum Gasteiger partial charge on any atom is 0.190 e. The summed E-state index contributed by atoms with van der Waals surface area (Å²) in [5, 5.41) is 18.2. The Morgan fingerprint density at radius 2 is 1.76 bits per heavy atom. The van der Waals surface area contributed by atoms with Crippen molar-refractivity contribution in [3.05, 3.63) is 29.3 Å². The Hall–Kier alpha value is -1.20. The number of aliphatic hydroxyl groups excluding tert-OH is 1. The highest BCUT2D eigenvalue weighted by Gasteiger charge is 2.16. The number of benzene rings is 1. The van der Waals surface area contributed by atoms with Crippen LogP contribution in [0.5, 0.6) is 5.75 Å². The molecule has 0 aliphatic carbocycles. The zero-order valence-electron chi connectivity index (χ0n) is 9.83. The van der Waals surface area contributed by atoms with Crippen molar-refractivity contribution in [1.29, 1.82) is 0 Å². The largest absolute Gasteiger partial charge is 0.487 e. The molecule has 1 aromatic rings. The number of hydrogen-bond acceptors (Lipinski definition) is 3. The fraction of sp³-hybridized carbons (Fsp3) is 0.500. The molecule has 0 heterocycles. The number of ether oxygens (including phenoxy) is 1. The third-order valence-corrected chi connectivity index (χ3v) is 2.20. The van der Waals surface area contributed by atoms with Gasteiger partial charge < -0.3 is 14.9 Å². The molecule has 1 rings (SSSR count). The van der Waals surface area contributed by atoms with E-state index in [-0.39, 0.29) is 18.6 Å². The molecule has 0 radical (unpaired) electrons. The molecule has 0 aliphatic rings. The van der Waals surface area contributed by atoms with Gasteiger partial charge in [0.2, 0.25) is 0 Å². The van der Waals surface area contributed by atoms with Crippen LogP contribution in [0.25, 0.3) is 0 Å². The second-order valence-electron chi connectivity index (χ2n) is 4.46. The lowest BCUT2D eigenvalue weighted by Crippen LogP contribution is -2.22. The van der Waals surface area contributed by atoms with Gasteiger partial charge in [-0.25, -0.2) is 8.78 Å². The molecule has 2 N–H and O–H groups in total. The molecule has 5 heteroatoms. The number of hydrogen-bond donors (Lipinski definition) is 2. The molecule has 0 saturated carbocycles. The summed E-state index contributed by atoms with van der Waals surface area (Å²) in [5.41, 5.74) is -0.798. The van der Waals surface area contributed by atoms with E-state index >= 15 is 0 Å². The Bertz CT molecular complexity index is 363. The van der Waals surface area contributed by atoms with Crippen LogP contribution in [-0.4, -0.2) is 22.4 Å². The first-order valence-corrected chi connectivity index (χ1v) is 5.27. The molecule has 0 bridgehead atoms. The summed E-state index contributed by atoms with van der Waals surface area (Å²) in [5.74, 6) is -2.19. The molecule has 0 aromatic heterocycles.